The Labute approximate surface area is 109 Å². The molecule has 0 heterocycles. The molecular formula is C15H21NO2. The Kier molecular flexibility index (Phi) is 6.24. The molecule has 0 saturated heterocycles. The number of hydrogen-bond donors (Lipinski definition) is 1. The number of benzene rings is 1. The highest BCUT2D eigenvalue weighted by molar-refractivity contribution is 5.32. The highest BCUT2D eigenvalue weighted by atomic mass is 16.5. The predicted octanol–water partition coefficient (Wildman–Crippen LogP) is 3.24. The number of ether oxygens (including phenoxy) is 1. The molecule has 1 aromatic carbocycles. The Hall–Kier alpha value is -1.53. The standard InChI is InChI=1S/C15H21NO2/c1-3-4-5-14(17)10-13(11-16)12-6-8-15(18-2)9-7-12/h6-9,13-14,17H,3-5,10H2,1-2H3/t13?,14-/m0/s1. The number of nitriles is 1. The van der Waals surface area contributed by atoms with Crippen LogP contribution in [0.2, 0.25) is 0 Å². The smallest absolute Gasteiger partial charge is 0.118 e. The zero-order chi connectivity index (χ0) is 13.4. The summed E-state index contributed by atoms with van der Waals surface area (Å²) in [5, 5.41) is 19.1. The van der Waals surface area contributed by atoms with Crippen LogP contribution in [-0.2, 0) is 0 Å². The lowest BCUT2D eigenvalue weighted by Crippen LogP contribution is -2.11. The lowest BCUT2D eigenvalue weighted by molar-refractivity contribution is 0.148. The van der Waals surface area contributed by atoms with Crippen LogP contribution in [0.5, 0.6) is 5.75 Å². The van der Waals surface area contributed by atoms with E-state index in [1.54, 1.807) is 7.11 Å². The fourth-order valence-electron chi connectivity index (χ4n) is 1.93. The predicted molar refractivity (Wildman–Crippen MR) is 71.5 cm³/mol. The quantitative estimate of drug-likeness (QED) is 0.804. The normalized spacial score (nSPS) is 13.7. The molecule has 1 N–H and O–H groups in total. The number of hydrogen-bond acceptors (Lipinski definition) is 3. The number of unbranched alkanes of at least 4 members (excludes halogenated alkanes) is 1. The Bertz CT molecular complexity index is 380. The summed E-state index contributed by atoms with van der Waals surface area (Å²) < 4.78 is 5.08. The molecule has 0 aliphatic rings. The van der Waals surface area contributed by atoms with Crippen LogP contribution >= 0.6 is 0 Å². The third-order valence-electron chi connectivity index (χ3n) is 3.07. The fraction of sp³-hybridized carbons (Fsp3) is 0.533. The zero-order valence-corrected chi connectivity index (χ0v) is 11.1. The van der Waals surface area contributed by atoms with Crippen LogP contribution in [0.1, 0.15) is 44.1 Å². The molecule has 0 aromatic heterocycles. The number of aliphatic hydroxyl groups is 1. The maximum absolute atomic E-state index is 9.87. The van der Waals surface area contributed by atoms with Gasteiger partial charge in [0.15, 0.2) is 0 Å². The molecule has 0 amide bonds. The van der Waals surface area contributed by atoms with E-state index in [9.17, 15) is 10.4 Å². The minimum Gasteiger partial charge on any atom is -0.497 e. The Morgan fingerprint density at radius 3 is 2.50 bits per heavy atom. The maximum Gasteiger partial charge on any atom is 0.118 e. The van der Waals surface area contributed by atoms with Crippen molar-refractivity contribution in [2.75, 3.05) is 7.11 Å². The monoisotopic (exact) mass is 247 g/mol. The molecule has 1 rings (SSSR count). The number of methoxy groups -OCH3 is 1. The van der Waals surface area contributed by atoms with Gasteiger partial charge in [-0.3, -0.25) is 0 Å². The first-order valence-electron chi connectivity index (χ1n) is 6.42. The van der Waals surface area contributed by atoms with Crippen molar-refractivity contribution in [3.63, 3.8) is 0 Å². The zero-order valence-electron chi connectivity index (χ0n) is 11.1. The van der Waals surface area contributed by atoms with E-state index in [4.69, 9.17) is 4.74 Å². The van der Waals surface area contributed by atoms with Gasteiger partial charge in [-0.15, -0.1) is 0 Å². The first kappa shape index (κ1) is 14.5. The van der Waals surface area contributed by atoms with Crippen molar-refractivity contribution in [2.24, 2.45) is 0 Å². The van der Waals surface area contributed by atoms with E-state index < -0.39 is 6.10 Å². The van der Waals surface area contributed by atoms with Gasteiger partial charge in [0.1, 0.15) is 5.75 Å². The van der Waals surface area contributed by atoms with E-state index in [1.807, 2.05) is 24.3 Å². The molecule has 0 saturated carbocycles. The molecule has 0 aliphatic heterocycles. The second kappa shape index (κ2) is 7.73. The second-order valence-electron chi connectivity index (χ2n) is 4.49. The summed E-state index contributed by atoms with van der Waals surface area (Å²) in [6.07, 6.45) is 2.95. The van der Waals surface area contributed by atoms with Crippen molar-refractivity contribution in [3.05, 3.63) is 29.8 Å². The third-order valence-corrected chi connectivity index (χ3v) is 3.07. The molecule has 3 nitrogen and oxygen atoms in total. The third kappa shape index (κ3) is 4.38. The van der Waals surface area contributed by atoms with E-state index in [0.29, 0.717) is 6.42 Å². The van der Waals surface area contributed by atoms with Gasteiger partial charge in [0.05, 0.1) is 25.2 Å². The summed E-state index contributed by atoms with van der Waals surface area (Å²) in [7, 11) is 1.62. The van der Waals surface area contributed by atoms with Gasteiger partial charge in [-0.25, -0.2) is 0 Å². The Balaban J connectivity index is 2.62. The molecule has 0 radical (unpaired) electrons. The van der Waals surface area contributed by atoms with Crippen molar-refractivity contribution in [2.45, 2.75) is 44.6 Å². The highest BCUT2D eigenvalue weighted by Gasteiger charge is 2.15. The van der Waals surface area contributed by atoms with Crippen LogP contribution in [0.15, 0.2) is 24.3 Å². The first-order chi connectivity index (χ1) is 8.71. The van der Waals surface area contributed by atoms with Crippen molar-refractivity contribution >= 4 is 0 Å². The van der Waals surface area contributed by atoms with Gasteiger partial charge in [0.25, 0.3) is 0 Å². The molecule has 2 atom stereocenters. The average Bonchev–Trinajstić information content (AvgIpc) is 2.42. The Morgan fingerprint density at radius 1 is 1.33 bits per heavy atom. The molecule has 0 aliphatic carbocycles. The molecule has 0 fully saturated rings. The van der Waals surface area contributed by atoms with Gasteiger partial charge >= 0.3 is 0 Å². The van der Waals surface area contributed by atoms with Gasteiger partial charge in [-0.1, -0.05) is 31.9 Å². The van der Waals surface area contributed by atoms with Gasteiger partial charge in [-0.05, 0) is 30.5 Å². The topological polar surface area (TPSA) is 53.2 Å². The largest absolute Gasteiger partial charge is 0.497 e. The number of rotatable bonds is 7. The van der Waals surface area contributed by atoms with Crippen LogP contribution in [0, 0.1) is 11.3 Å². The van der Waals surface area contributed by atoms with E-state index in [2.05, 4.69) is 13.0 Å². The van der Waals surface area contributed by atoms with Gasteiger partial charge < -0.3 is 9.84 Å². The number of aliphatic hydroxyl groups excluding tert-OH is 1. The average molecular weight is 247 g/mol. The minimum atomic E-state index is -0.392. The van der Waals surface area contributed by atoms with Crippen molar-refractivity contribution < 1.29 is 9.84 Å². The molecule has 3 heteroatoms. The van der Waals surface area contributed by atoms with E-state index >= 15 is 0 Å². The lowest BCUT2D eigenvalue weighted by Gasteiger charge is -2.15. The van der Waals surface area contributed by atoms with Crippen LogP contribution in [0.25, 0.3) is 0 Å². The van der Waals surface area contributed by atoms with E-state index in [0.717, 1.165) is 30.6 Å². The summed E-state index contributed by atoms with van der Waals surface area (Å²) in [4.78, 5) is 0. The molecule has 18 heavy (non-hydrogen) atoms. The van der Waals surface area contributed by atoms with Crippen molar-refractivity contribution in [1.82, 2.24) is 0 Å². The molecule has 98 valence electrons. The van der Waals surface area contributed by atoms with Crippen LogP contribution in [-0.4, -0.2) is 18.3 Å². The number of nitrogens with zero attached hydrogens (tertiary/aromatic N) is 1. The summed E-state index contributed by atoms with van der Waals surface area (Å²) in [6, 6.07) is 9.73. The molecular weight excluding hydrogens is 226 g/mol. The minimum absolute atomic E-state index is 0.247. The van der Waals surface area contributed by atoms with Gasteiger partial charge in [0, 0.05) is 0 Å². The van der Waals surface area contributed by atoms with Crippen LogP contribution in [0.3, 0.4) is 0 Å². The summed E-state index contributed by atoms with van der Waals surface area (Å²) in [5.41, 5.74) is 0.939. The molecule has 1 aromatic rings. The summed E-state index contributed by atoms with van der Waals surface area (Å²) >= 11 is 0. The lowest BCUT2D eigenvalue weighted by atomic mass is 9.93. The molecule has 0 bridgehead atoms. The van der Waals surface area contributed by atoms with E-state index in [-0.39, 0.29) is 5.92 Å². The van der Waals surface area contributed by atoms with Crippen molar-refractivity contribution in [1.29, 1.82) is 5.26 Å². The summed E-state index contributed by atoms with van der Waals surface area (Å²) in [6.45, 7) is 2.10. The molecule has 1 unspecified atom stereocenters. The SMILES string of the molecule is CCCC[C@H](O)CC(C#N)c1ccc(OC)cc1. The Morgan fingerprint density at radius 2 is 2.00 bits per heavy atom. The molecule has 0 spiro atoms. The van der Waals surface area contributed by atoms with Crippen LogP contribution < -0.4 is 4.74 Å². The van der Waals surface area contributed by atoms with Crippen molar-refractivity contribution in [3.8, 4) is 11.8 Å². The van der Waals surface area contributed by atoms with Gasteiger partial charge in [-0.2, -0.15) is 5.26 Å². The summed E-state index contributed by atoms with van der Waals surface area (Å²) in [5.74, 6) is 0.532. The van der Waals surface area contributed by atoms with E-state index in [1.165, 1.54) is 0 Å². The highest BCUT2D eigenvalue weighted by Crippen LogP contribution is 2.24. The second-order valence-corrected chi connectivity index (χ2v) is 4.49. The fourth-order valence-corrected chi connectivity index (χ4v) is 1.93. The maximum atomic E-state index is 9.87. The van der Waals surface area contributed by atoms with Crippen LogP contribution in [0.4, 0.5) is 0 Å². The van der Waals surface area contributed by atoms with Gasteiger partial charge in [0.2, 0.25) is 0 Å². The first-order valence-corrected chi connectivity index (χ1v) is 6.42.